The predicted octanol–water partition coefficient (Wildman–Crippen LogP) is 3.59. The van der Waals surface area contributed by atoms with Crippen LogP contribution in [0.1, 0.15) is 25.3 Å². The highest BCUT2D eigenvalue weighted by Crippen LogP contribution is 2.57. The SMILES string of the molecule is C[C@]12CC(=O)C[C@@]1(c1ccc(Cl)c(Cl)c1)CN(C(=O)O)C2. The zero-order chi connectivity index (χ0) is 15.4. The van der Waals surface area contributed by atoms with Crippen LogP contribution in [0.4, 0.5) is 4.79 Å². The number of fused-ring (bicyclic) bond motifs is 1. The number of nitrogens with zero attached hydrogens (tertiary/aromatic N) is 1. The van der Waals surface area contributed by atoms with E-state index in [2.05, 4.69) is 0 Å². The summed E-state index contributed by atoms with van der Waals surface area (Å²) in [6.07, 6.45) is -0.195. The molecule has 0 radical (unpaired) electrons. The van der Waals surface area contributed by atoms with Crippen molar-refractivity contribution < 1.29 is 14.7 Å². The van der Waals surface area contributed by atoms with Gasteiger partial charge in [-0.25, -0.2) is 4.79 Å². The second-order valence-corrected chi connectivity index (χ2v) is 7.12. The van der Waals surface area contributed by atoms with Crippen molar-refractivity contribution in [1.29, 1.82) is 0 Å². The van der Waals surface area contributed by atoms with Crippen LogP contribution in [0, 0.1) is 5.41 Å². The smallest absolute Gasteiger partial charge is 0.407 e. The van der Waals surface area contributed by atoms with E-state index in [4.69, 9.17) is 23.2 Å². The summed E-state index contributed by atoms with van der Waals surface area (Å²) in [5.41, 5.74) is 0.00470. The summed E-state index contributed by atoms with van der Waals surface area (Å²) in [6.45, 7) is 2.68. The number of ketones is 1. The van der Waals surface area contributed by atoms with Gasteiger partial charge in [-0.05, 0) is 17.7 Å². The molecule has 2 fully saturated rings. The molecule has 0 bridgehead atoms. The predicted molar refractivity (Wildman–Crippen MR) is 80.1 cm³/mol. The molecule has 1 aromatic rings. The van der Waals surface area contributed by atoms with Gasteiger partial charge in [0.15, 0.2) is 0 Å². The lowest BCUT2D eigenvalue weighted by Gasteiger charge is -2.36. The molecule has 1 amide bonds. The zero-order valence-electron chi connectivity index (χ0n) is 11.5. The largest absolute Gasteiger partial charge is 0.465 e. The van der Waals surface area contributed by atoms with Crippen LogP contribution in [0.2, 0.25) is 10.0 Å². The summed E-state index contributed by atoms with van der Waals surface area (Å²) in [7, 11) is 0. The van der Waals surface area contributed by atoms with Crippen molar-refractivity contribution in [2.75, 3.05) is 13.1 Å². The van der Waals surface area contributed by atoms with Gasteiger partial charge in [0, 0.05) is 36.8 Å². The molecule has 0 spiro atoms. The van der Waals surface area contributed by atoms with E-state index in [1.54, 1.807) is 12.1 Å². The van der Waals surface area contributed by atoms with E-state index in [1.807, 2.05) is 13.0 Å². The van der Waals surface area contributed by atoms with Crippen LogP contribution in [0.25, 0.3) is 0 Å². The molecule has 1 aliphatic heterocycles. The normalized spacial score (nSPS) is 31.6. The summed E-state index contributed by atoms with van der Waals surface area (Å²) in [6, 6.07) is 5.34. The Labute approximate surface area is 132 Å². The molecular formula is C15H15Cl2NO3. The minimum atomic E-state index is -0.947. The molecule has 2 aliphatic rings. The van der Waals surface area contributed by atoms with Gasteiger partial charge >= 0.3 is 6.09 Å². The fraction of sp³-hybridized carbons (Fsp3) is 0.467. The lowest BCUT2D eigenvalue weighted by atomic mass is 9.65. The van der Waals surface area contributed by atoms with Crippen molar-refractivity contribution in [3.8, 4) is 0 Å². The number of benzene rings is 1. The molecule has 1 saturated carbocycles. The van der Waals surface area contributed by atoms with Gasteiger partial charge in [0.25, 0.3) is 0 Å². The molecular weight excluding hydrogens is 313 g/mol. The molecule has 0 aromatic heterocycles. The van der Waals surface area contributed by atoms with Crippen LogP contribution in [-0.4, -0.2) is 35.0 Å². The van der Waals surface area contributed by atoms with E-state index in [0.29, 0.717) is 36.0 Å². The van der Waals surface area contributed by atoms with Crippen molar-refractivity contribution in [2.45, 2.75) is 25.2 Å². The summed E-state index contributed by atoms with van der Waals surface area (Å²) in [5.74, 6) is 0.175. The summed E-state index contributed by atoms with van der Waals surface area (Å²) in [4.78, 5) is 24.8. The number of hydrogen-bond donors (Lipinski definition) is 1. The van der Waals surface area contributed by atoms with Crippen molar-refractivity contribution in [1.82, 2.24) is 4.90 Å². The Morgan fingerprint density at radius 1 is 1.24 bits per heavy atom. The number of hydrogen-bond acceptors (Lipinski definition) is 2. The molecule has 4 nitrogen and oxygen atoms in total. The highest BCUT2D eigenvalue weighted by atomic mass is 35.5. The first-order valence-electron chi connectivity index (χ1n) is 6.73. The number of carbonyl (C=O) groups is 2. The molecule has 6 heteroatoms. The molecule has 1 aromatic carbocycles. The number of halogens is 2. The van der Waals surface area contributed by atoms with Crippen molar-refractivity contribution in [3.63, 3.8) is 0 Å². The number of amides is 1. The van der Waals surface area contributed by atoms with E-state index >= 15 is 0 Å². The van der Waals surface area contributed by atoms with Crippen molar-refractivity contribution >= 4 is 35.1 Å². The Morgan fingerprint density at radius 3 is 2.57 bits per heavy atom. The number of rotatable bonds is 1. The lowest BCUT2D eigenvalue weighted by Crippen LogP contribution is -2.38. The van der Waals surface area contributed by atoms with Gasteiger partial charge < -0.3 is 10.0 Å². The standard InChI is InChI=1S/C15H15Cl2NO3/c1-14-5-10(19)6-15(14,8-18(7-14)13(20)21)9-2-3-11(16)12(17)4-9/h2-4H,5-8H2,1H3,(H,20,21)/t14-,15+/m1/s1. The zero-order valence-corrected chi connectivity index (χ0v) is 13.0. The van der Waals surface area contributed by atoms with E-state index in [-0.39, 0.29) is 11.2 Å². The van der Waals surface area contributed by atoms with Gasteiger partial charge in [-0.1, -0.05) is 36.2 Å². The molecule has 1 saturated heterocycles. The summed E-state index contributed by atoms with van der Waals surface area (Å²) in [5, 5.41) is 10.2. The van der Waals surface area contributed by atoms with Crippen LogP contribution in [-0.2, 0) is 10.2 Å². The average molecular weight is 328 g/mol. The fourth-order valence-electron chi connectivity index (χ4n) is 3.94. The van der Waals surface area contributed by atoms with Crippen molar-refractivity contribution in [3.05, 3.63) is 33.8 Å². The Morgan fingerprint density at radius 2 is 1.95 bits per heavy atom. The van der Waals surface area contributed by atoms with Gasteiger partial charge in [-0.2, -0.15) is 0 Å². The minimum absolute atomic E-state index is 0.175. The fourth-order valence-corrected chi connectivity index (χ4v) is 4.24. The van der Waals surface area contributed by atoms with Crippen LogP contribution in [0.5, 0.6) is 0 Å². The van der Waals surface area contributed by atoms with Crippen molar-refractivity contribution in [2.24, 2.45) is 5.41 Å². The van der Waals surface area contributed by atoms with Crippen LogP contribution in [0.3, 0.4) is 0 Å². The van der Waals surface area contributed by atoms with Gasteiger partial charge in [0.1, 0.15) is 5.78 Å². The highest BCUT2D eigenvalue weighted by molar-refractivity contribution is 6.42. The van der Waals surface area contributed by atoms with Gasteiger partial charge in [0.05, 0.1) is 10.0 Å². The van der Waals surface area contributed by atoms with Crippen LogP contribution >= 0.6 is 23.2 Å². The number of likely N-dealkylation sites (tertiary alicyclic amines) is 1. The second-order valence-electron chi connectivity index (χ2n) is 6.30. The van der Waals surface area contributed by atoms with E-state index < -0.39 is 11.5 Å². The summed E-state index contributed by atoms with van der Waals surface area (Å²) >= 11 is 12.1. The first-order chi connectivity index (χ1) is 9.77. The summed E-state index contributed by atoms with van der Waals surface area (Å²) < 4.78 is 0. The number of carbonyl (C=O) groups excluding carboxylic acids is 1. The molecule has 3 rings (SSSR count). The first kappa shape index (κ1) is 14.7. The molecule has 1 heterocycles. The van der Waals surface area contributed by atoms with Gasteiger partial charge in [-0.15, -0.1) is 0 Å². The number of carboxylic acid groups (broad SMARTS) is 1. The molecule has 112 valence electrons. The Balaban J connectivity index is 2.12. The number of Topliss-reactive ketones (excluding diaryl/α,β-unsaturated/α-hetero) is 1. The maximum absolute atomic E-state index is 12.0. The van der Waals surface area contributed by atoms with Gasteiger partial charge in [0.2, 0.25) is 0 Å². The second kappa shape index (κ2) is 4.62. The Bertz CT molecular complexity index is 648. The van der Waals surface area contributed by atoms with Crippen LogP contribution < -0.4 is 0 Å². The van der Waals surface area contributed by atoms with Crippen LogP contribution in [0.15, 0.2) is 18.2 Å². The third kappa shape index (κ3) is 2.04. The lowest BCUT2D eigenvalue weighted by molar-refractivity contribution is -0.118. The maximum atomic E-state index is 12.0. The van der Waals surface area contributed by atoms with E-state index in [0.717, 1.165) is 5.56 Å². The third-order valence-corrected chi connectivity index (χ3v) is 5.72. The minimum Gasteiger partial charge on any atom is -0.465 e. The molecule has 1 aliphatic carbocycles. The quantitative estimate of drug-likeness (QED) is 0.857. The first-order valence-corrected chi connectivity index (χ1v) is 7.48. The topological polar surface area (TPSA) is 57.6 Å². The Hall–Kier alpha value is -1.26. The maximum Gasteiger partial charge on any atom is 0.407 e. The monoisotopic (exact) mass is 327 g/mol. The molecule has 21 heavy (non-hydrogen) atoms. The molecule has 0 unspecified atom stereocenters. The molecule has 2 atom stereocenters. The molecule has 1 N–H and O–H groups in total. The van der Waals surface area contributed by atoms with Gasteiger partial charge in [-0.3, -0.25) is 4.79 Å². The Kier molecular flexibility index (Phi) is 3.22. The van der Waals surface area contributed by atoms with E-state index in [1.165, 1.54) is 4.90 Å². The third-order valence-electron chi connectivity index (χ3n) is 4.98. The van der Waals surface area contributed by atoms with E-state index in [9.17, 15) is 14.7 Å². The highest BCUT2D eigenvalue weighted by Gasteiger charge is 2.62. The average Bonchev–Trinajstić information content (AvgIpc) is 2.79.